The molecule has 2 N–H and O–H groups in total. The van der Waals surface area contributed by atoms with Crippen molar-refractivity contribution in [3.8, 4) is 11.3 Å². The molecule has 0 saturated heterocycles. The Balaban J connectivity index is 1.87. The molecule has 0 bridgehead atoms. The van der Waals surface area contributed by atoms with Gasteiger partial charge in [-0.15, -0.1) is 0 Å². The third-order valence-electron chi connectivity index (χ3n) is 3.12. The van der Waals surface area contributed by atoms with Crippen molar-refractivity contribution >= 4 is 39.3 Å². The number of nitrogens with one attached hydrogen (secondary N) is 2. The fourth-order valence-corrected chi connectivity index (χ4v) is 2.75. The van der Waals surface area contributed by atoms with Crippen LogP contribution in [0.1, 0.15) is 10.4 Å². The molecule has 1 heterocycles. The van der Waals surface area contributed by atoms with E-state index in [1.807, 2.05) is 30.3 Å². The Morgan fingerprint density at radius 3 is 2.50 bits per heavy atom. The zero-order chi connectivity index (χ0) is 15.5. The zero-order valence-corrected chi connectivity index (χ0v) is 13.6. The first-order chi connectivity index (χ1) is 10.7. The third-order valence-corrected chi connectivity index (χ3v) is 4.22. The normalized spacial score (nSPS) is 10.5. The van der Waals surface area contributed by atoms with Gasteiger partial charge in [0.1, 0.15) is 0 Å². The van der Waals surface area contributed by atoms with Crippen molar-refractivity contribution < 1.29 is 4.79 Å². The van der Waals surface area contributed by atoms with E-state index >= 15 is 0 Å². The van der Waals surface area contributed by atoms with Crippen molar-refractivity contribution in [2.75, 3.05) is 5.32 Å². The lowest BCUT2D eigenvalue weighted by Crippen LogP contribution is -2.13. The number of amides is 1. The number of carbonyl (C=O) groups excluding carboxylic acids is 1. The molecule has 0 saturated carbocycles. The molecule has 0 fully saturated rings. The van der Waals surface area contributed by atoms with E-state index < -0.39 is 0 Å². The smallest absolute Gasteiger partial charge is 0.258 e. The summed E-state index contributed by atoms with van der Waals surface area (Å²) in [4.78, 5) is 12.3. The van der Waals surface area contributed by atoms with Gasteiger partial charge in [-0.05, 0) is 28.1 Å². The van der Waals surface area contributed by atoms with Crippen LogP contribution < -0.4 is 5.32 Å². The standard InChI is InChI=1S/C16H11BrClN3O/c17-13-14(10-6-2-1-3-7-10)20-21-15(13)19-16(22)11-8-4-5-9-12(11)18/h1-9H,(H2,19,20,21,22). The highest BCUT2D eigenvalue weighted by Gasteiger charge is 2.16. The number of anilines is 1. The number of hydrogen-bond acceptors (Lipinski definition) is 2. The summed E-state index contributed by atoms with van der Waals surface area (Å²) in [5.74, 6) is 0.112. The number of rotatable bonds is 3. The van der Waals surface area contributed by atoms with Crippen LogP contribution in [0.15, 0.2) is 59.1 Å². The number of aromatic nitrogens is 2. The highest BCUT2D eigenvalue weighted by molar-refractivity contribution is 9.10. The summed E-state index contributed by atoms with van der Waals surface area (Å²) in [5.41, 5.74) is 2.18. The van der Waals surface area contributed by atoms with E-state index in [0.717, 1.165) is 11.3 Å². The molecule has 6 heteroatoms. The van der Waals surface area contributed by atoms with Crippen LogP contribution in [0.4, 0.5) is 5.82 Å². The lowest BCUT2D eigenvalue weighted by atomic mass is 10.1. The van der Waals surface area contributed by atoms with E-state index in [4.69, 9.17) is 11.6 Å². The lowest BCUT2D eigenvalue weighted by molar-refractivity contribution is 0.102. The fourth-order valence-electron chi connectivity index (χ4n) is 2.03. The summed E-state index contributed by atoms with van der Waals surface area (Å²) < 4.78 is 0.694. The van der Waals surface area contributed by atoms with Crippen LogP contribution in [0.5, 0.6) is 0 Å². The molecule has 0 spiro atoms. The molecule has 0 aliphatic rings. The van der Waals surface area contributed by atoms with Crippen LogP contribution in [0, 0.1) is 0 Å². The molecule has 3 aromatic rings. The van der Waals surface area contributed by atoms with Gasteiger partial charge in [0.25, 0.3) is 5.91 Å². The van der Waals surface area contributed by atoms with Gasteiger partial charge in [0.05, 0.1) is 20.8 Å². The van der Waals surface area contributed by atoms with Crippen LogP contribution in [0.3, 0.4) is 0 Å². The Hall–Kier alpha value is -2.11. The van der Waals surface area contributed by atoms with Crippen LogP contribution in [-0.4, -0.2) is 16.1 Å². The second-order valence-corrected chi connectivity index (χ2v) is 5.76. The van der Waals surface area contributed by atoms with Crippen LogP contribution in [0.2, 0.25) is 5.02 Å². The predicted octanol–water partition coefficient (Wildman–Crippen LogP) is 4.74. The molecular formula is C16H11BrClN3O. The average Bonchev–Trinajstić information content (AvgIpc) is 2.89. The highest BCUT2D eigenvalue weighted by Crippen LogP contribution is 2.32. The fraction of sp³-hybridized carbons (Fsp3) is 0. The number of H-pyrrole nitrogens is 1. The van der Waals surface area contributed by atoms with Gasteiger partial charge in [-0.1, -0.05) is 54.1 Å². The Labute approximate surface area is 140 Å². The first kappa shape index (κ1) is 14.8. The Morgan fingerprint density at radius 2 is 1.77 bits per heavy atom. The zero-order valence-electron chi connectivity index (χ0n) is 11.3. The number of halogens is 2. The lowest BCUT2D eigenvalue weighted by Gasteiger charge is -2.04. The summed E-state index contributed by atoms with van der Waals surface area (Å²) in [6, 6.07) is 16.6. The van der Waals surface area contributed by atoms with Gasteiger partial charge >= 0.3 is 0 Å². The van der Waals surface area contributed by atoms with Gasteiger partial charge in [-0.2, -0.15) is 5.10 Å². The van der Waals surface area contributed by atoms with E-state index in [1.165, 1.54) is 0 Å². The van der Waals surface area contributed by atoms with Crippen molar-refractivity contribution in [3.63, 3.8) is 0 Å². The number of aromatic amines is 1. The molecule has 0 atom stereocenters. The topological polar surface area (TPSA) is 57.8 Å². The Bertz CT molecular complexity index is 817. The predicted molar refractivity (Wildman–Crippen MR) is 91.1 cm³/mol. The van der Waals surface area contributed by atoms with Crippen LogP contribution in [-0.2, 0) is 0 Å². The molecular weight excluding hydrogens is 366 g/mol. The van der Waals surface area contributed by atoms with Gasteiger partial charge in [0, 0.05) is 5.56 Å². The van der Waals surface area contributed by atoms with Crippen molar-refractivity contribution in [3.05, 3.63) is 69.7 Å². The first-order valence-electron chi connectivity index (χ1n) is 6.52. The average molecular weight is 377 g/mol. The first-order valence-corrected chi connectivity index (χ1v) is 7.69. The number of carbonyl (C=O) groups is 1. The molecule has 3 rings (SSSR count). The second-order valence-electron chi connectivity index (χ2n) is 4.56. The minimum Gasteiger partial charge on any atom is -0.304 e. The molecule has 110 valence electrons. The van der Waals surface area contributed by atoms with Crippen molar-refractivity contribution in [1.29, 1.82) is 0 Å². The molecule has 22 heavy (non-hydrogen) atoms. The minimum absolute atomic E-state index is 0.308. The summed E-state index contributed by atoms with van der Waals surface area (Å²) in [6.45, 7) is 0. The SMILES string of the molecule is O=C(Nc1n[nH]c(-c2ccccc2)c1Br)c1ccccc1Cl. The second kappa shape index (κ2) is 6.34. The molecule has 0 aliphatic carbocycles. The van der Waals surface area contributed by atoms with Gasteiger partial charge in [-0.25, -0.2) is 0 Å². The number of benzene rings is 2. The van der Waals surface area contributed by atoms with Gasteiger partial charge in [0.15, 0.2) is 5.82 Å². The summed E-state index contributed by atoms with van der Waals surface area (Å²) in [7, 11) is 0. The minimum atomic E-state index is -0.308. The summed E-state index contributed by atoms with van der Waals surface area (Å²) in [6.07, 6.45) is 0. The number of hydrogen-bond donors (Lipinski definition) is 2. The molecule has 0 unspecified atom stereocenters. The molecule has 1 amide bonds. The highest BCUT2D eigenvalue weighted by atomic mass is 79.9. The summed E-state index contributed by atoms with van der Waals surface area (Å²) >= 11 is 9.49. The Morgan fingerprint density at radius 1 is 1.09 bits per heavy atom. The Kier molecular flexibility index (Phi) is 4.27. The van der Waals surface area contributed by atoms with Crippen molar-refractivity contribution in [1.82, 2.24) is 10.2 Å². The molecule has 4 nitrogen and oxygen atoms in total. The largest absolute Gasteiger partial charge is 0.304 e. The number of nitrogens with zero attached hydrogens (tertiary/aromatic N) is 1. The van der Waals surface area contributed by atoms with E-state index in [-0.39, 0.29) is 5.91 Å². The monoisotopic (exact) mass is 375 g/mol. The van der Waals surface area contributed by atoms with Gasteiger partial charge in [0.2, 0.25) is 0 Å². The maximum absolute atomic E-state index is 12.3. The maximum atomic E-state index is 12.3. The van der Waals surface area contributed by atoms with Gasteiger partial charge in [-0.3, -0.25) is 9.89 Å². The van der Waals surface area contributed by atoms with E-state index in [9.17, 15) is 4.79 Å². The summed E-state index contributed by atoms with van der Waals surface area (Å²) in [5, 5.41) is 10.2. The van der Waals surface area contributed by atoms with E-state index in [0.29, 0.717) is 20.9 Å². The van der Waals surface area contributed by atoms with E-state index in [2.05, 4.69) is 31.4 Å². The van der Waals surface area contributed by atoms with Gasteiger partial charge < -0.3 is 5.32 Å². The van der Waals surface area contributed by atoms with E-state index in [1.54, 1.807) is 24.3 Å². The molecule has 0 aliphatic heterocycles. The van der Waals surface area contributed by atoms with Crippen LogP contribution >= 0.6 is 27.5 Å². The molecule has 1 aromatic heterocycles. The maximum Gasteiger partial charge on any atom is 0.258 e. The quantitative estimate of drug-likeness (QED) is 0.693. The van der Waals surface area contributed by atoms with Crippen molar-refractivity contribution in [2.24, 2.45) is 0 Å². The van der Waals surface area contributed by atoms with Crippen LogP contribution in [0.25, 0.3) is 11.3 Å². The molecule has 0 radical (unpaired) electrons. The van der Waals surface area contributed by atoms with Crippen molar-refractivity contribution in [2.45, 2.75) is 0 Å². The molecule has 2 aromatic carbocycles. The third kappa shape index (κ3) is 2.91.